The van der Waals surface area contributed by atoms with Crippen molar-refractivity contribution in [3.63, 3.8) is 0 Å². The fraction of sp³-hybridized carbons (Fsp3) is 0.556. The largest absolute Gasteiger partial charge is 0.347 e. The van der Waals surface area contributed by atoms with Crippen molar-refractivity contribution in [1.82, 2.24) is 0 Å². The minimum Gasteiger partial charge on any atom is -0.347 e. The molecular weight excluding hydrogens is 420 g/mol. The van der Waals surface area contributed by atoms with Gasteiger partial charge in [0.1, 0.15) is 0 Å². The standard InChI is InChI=1S/C27H36O4S/c1-20-10-11-24-25(27(4)30-16-17-31-27)13-15-26(24,3)14-12-21(2)19-23(18-20)32(28,29)22-8-6-5-7-9-22/h5-9,12-13,15,18,23-25H,10-11,14,16-17,19H2,1-4H3/b20-18+,21-12+/t23?,24-,25+,26-/m1/s1. The van der Waals surface area contributed by atoms with Crippen LogP contribution in [0.15, 0.2) is 70.7 Å². The highest BCUT2D eigenvalue weighted by Crippen LogP contribution is 2.52. The number of sulfone groups is 1. The number of benzene rings is 1. The monoisotopic (exact) mass is 456 g/mol. The van der Waals surface area contributed by atoms with Gasteiger partial charge in [0.15, 0.2) is 15.6 Å². The minimum atomic E-state index is -3.45. The van der Waals surface area contributed by atoms with Gasteiger partial charge in [-0.05, 0) is 69.9 Å². The molecular formula is C27H36O4S. The van der Waals surface area contributed by atoms with Gasteiger partial charge in [-0.2, -0.15) is 0 Å². The van der Waals surface area contributed by atoms with E-state index in [-0.39, 0.29) is 11.3 Å². The van der Waals surface area contributed by atoms with Gasteiger partial charge in [0.2, 0.25) is 0 Å². The summed E-state index contributed by atoms with van der Waals surface area (Å²) in [6.07, 6.45) is 12.1. The fourth-order valence-electron chi connectivity index (χ4n) is 5.60. The van der Waals surface area contributed by atoms with E-state index in [4.69, 9.17) is 9.47 Å². The second kappa shape index (κ2) is 8.92. The molecule has 0 amide bonds. The Kier molecular flexibility index (Phi) is 6.54. The van der Waals surface area contributed by atoms with Gasteiger partial charge in [0.05, 0.1) is 23.4 Å². The molecule has 0 N–H and O–H groups in total. The van der Waals surface area contributed by atoms with Crippen molar-refractivity contribution in [3.8, 4) is 0 Å². The summed E-state index contributed by atoms with van der Waals surface area (Å²) >= 11 is 0. The summed E-state index contributed by atoms with van der Waals surface area (Å²) in [6.45, 7) is 9.81. The number of hydrogen-bond acceptors (Lipinski definition) is 4. The van der Waals surface area contributed by atoms with Gasteiger partial charge in [-0.1, -0.05) is 60.6 Å². The summed E-state index contributed by atoms with van der Waals surface area (Å²) in [4.78, 5) is 0.395. The van der Waals surface area contributed by atoms with Crippen LogP contribution >= 0.6 is 0 Å². The molecule has 4 nitrogen and oxygen atoms in total. The first kappa shape index (κ1) is 23.5. The minimum absolute atomic E-state index is 0.00265. The third-order valence-electron chi connectivity index (χ3n) is 7.63. The molecule has 1 heterocycles. The van der Waals surface area contributed by atoms with E-state index in [0.717, 1.165) is 30.4 Å². The molecule has 1 saturated heterocycles. The summed E-state index contributed by atoms with van der Waals surface area (Å²) in [5, 5.41) is -0.544. The highest BCUT2D eigenvalue weighted by atomic mass is 32.2. The summed E-state index contributed by atoms with van der Waals surface area (Å²) in [6, 6.07) is 8.83. The van der Waals surface area contributed by atoms with Crippen molar-refractivity contribution < 1.29 is 17.9 Å². The maximum absolute atomic E-state index is 13.4. The van der Waals surface area contributed by atoms with E-state index in [9.17, 15) is 8.42 Å². The second-order valence-electron chi connectivity index (χ2n) is 10.1. The molecule has 1 unspecified atom stereocenters. The normalized spacial score (nSPS) is 36.4. The predicted molar refractivity (Wildman–Crippen MR) is 128 cm³/mol. The summed E-state index contributed by atoms with van der Waals surface area (Å²) in [7, 11) is -3.45. The van der Waals surface area contributed by atoms with E-state index in [2.05, 4.69) is 45.9 Å². The van der Waals surface area contributed by atoms with Crippen LogP contribution in [0.4, 0.5) is 0 Å². The first-order valence-corrected chi connectivity index (χ1v) is 13.3. The lowest BCUT2D eigenvalue weighted by Gasteiger charge is -2.39. The van der Waals surface area contributed by atoms with E-state index in [1.807, 2.05) is 12.1 Å². The summed E-state index contributed by atoms with van der Waals surface area (Å²) in [5.74, 6) is -0.00400. The average molecular weight is 457 g/mol. The van der Waals surface area contributed by atoms with Crippen LogP contribution in [0.5, 0.6) is 0 Å². The van der Waals surface area contributed by atoms with E-state index in [1.54, 1.807) is 24.3 Å². The number of rotatable bonds is 3. The lowest BCUT2D eigenvalue weighted by Crippen LogP contribution is -2.41. The third kappa shape index (κ3) is 4.52. The van der Waals surface area contributed by atoms with Gasteiger partial charge in [0.25, 0.3) is 0 Å². The molecule has 4 rings (SSSR count). The van der Waals surface area contributed by atoms with Crippen LogP contribution in [-0.4, -0.2) is 32.7 Å². The average Bonchev–Trinajstić information content (AvgIpc) is 3.35. The van der Waals surface area contributed by atoms with E-state index < -0.39 is 20.9 Å². The van der Waals surface area contributed by atoms with Crippen LogP contribution < -0.4 is 0 Å². The van der Waals surface area contributed by atoms with Crippen LogP contribution in [-0.2, 0) is 19.3 Å². The Hall–Kier alpha value is -1.69. The Bertz CT molecular complexity index is 1010. The van der Waals surface area contributed by atoms with Gasteiger partial charge in [0, 0.05) is 5.92 Å². The Balaban J connectivity index is 1.66. The van der Waals surface area contributed by atoms with Crippen molar-refractivity contribution >= 4 is 9.84 Å². The zero-order valence-corrected chi connectivity index (χ0v) is 20.5. The Morgan fingerprint density at radius 3 is 2.38 bits per heavy atom. The molecule has 3 aliphatic rings. The highest BCUT2D eigenvalue weighted by Gasteiger charge is 2.50. The van der Waals surface area contributed by atoms with E-state index in [1.165, 1.54) is 0 Å². The van der Waals surface area contributed by atoms with Gasteiger partial charge in [-0.25, -0.2) is 8.42 Å². The molecule has 4 atom stereocenters. The lowest BCUT2D eigenvalue weighted by molar-refractivity contribution is -0.185. The predicted octanol–water partition coefficient (Wildman–Crippen LogP) is 5.87. The van der Waals surface area contributed by atoms with Gasteiger partial charge in [-0.15, -0.1) is 0 Å². The lowest BCUT2D eigenvalue weighted by atomic mass is 9.69. The van der Waals surface area contributed by atoms with E-state index in [0.29, 0.717) is 30.4 Å². The van der Waals surface area contributed by atoms with Crippen molar-refractivity contribution in [2.75, 3.05) is 13.2 Å². The molecule has 1 aromatic rings. The Morgan fingerprint density at radius 2 is 1.69 bits per heavy atom. The molecule has 5 heteroatoms. The van der Waals surface area contributed by atoms with Crippen LogP contribution in [0.3, 0.4) is 0 Å². The number of ether oxygens (including phenoxy) is 2. The Labute approximate surface area is 193 Å². The smallest absolute Gasteiger partial charge is 0.185 e. The molecule has 1 aromatic carbocycles. The van der Waals surface area contributed by atoms with Gasteiger partial charge in [-0.3, -0.25) is 0 Å². The molecule has 2 aliphatic carbocycles. The van der Waals surface area contributed by atoms with Crippen LogP contribution in [0, 0.1) is 17.3 Å². The first-order valence-electron chi connectivity index (χ1n) is 11.7. The maximum Gasteiger partial charge on any atom is 0.185 e. The molecule has 0 aromatic heterocycles. The second-order valence-corrected chi connectivity index (χ2v) is 12.3. The summed E-state index contributed by atoms with van der Waals surface area (Å²) in [5.41, 5.74) is 2.26. The molecule has 174 valence electrons. The van der Waals surface area contributed by atoms with Crippen molar-refractivity contribution in [2.24, 2.45) is 17.3 Å². The highest BCUT2D eigenvalue weighted by molar-refractivity contribution is 7.92. The van der Waals surface area contributed by atoms with E-state index >= 15 is 0 Å². The molecule has 1 aliphatic heterocycles. The van der Waals surface area contributed by atoms with Gasteiger partial charge < -0.3 is 9.47 Å². The molecule has 0 bridgehead atoms. The Morgan fingerprint density at radius 1 is 1.00 bits per heavy atom. The van der Waals surface area contributed by atoms with Crippen molar-refractivity contribution in [2.45, 2.75) is 69.3 Å². The fourth-order valence-corrected chi connectivity index (χ4v) is 7.38. The number of fused-ring (bicyclic) bond motifs is 1. The first-order chi connectivity index (χ1) is 15.1. The van der Waals surface area contributed by atoms with Crippen molar-refractivity contribution in [1.29, 1.82) is 0 Å². The molecule has 1 fully saturated rings. The SMILES string of the molecule is C/C1=C\C(S(=O)(=O)c2ccccc2)C/C(C)=C/C[C@]2(C)C=C[C@H](C3(C)OCCO3)[C@H]2CC1. The van der Waals surface area contributed by atoms with Crippen LogP contribution in [0.1, 0.15) is 53.4 Å². The number of hydrogen-bond donors (Lipinski definition) is 0. The topological polar surface area (TPSA) is 52.6 Å². The zero-order valence-electron chi connectivity index (χ0n) is 19.7. The summed E-state index contributed by atoms with van der Waals surface area (Å²) < 4.78 is 39.0. The number of allylic oxidation sites excluding steroid dienone is 4. The zero-order chi connectivity index (χ0) is 23.0. The van der Waals surface area contributed by atoms with Crippen LogP contribution in [0.2, 0.25) is 0 Å². The molecule has 0 spiro atoms. The van der Waals surface area contributed by atoms with Gasteiger partial charge >= 0.3 is 0 Å². The quantitative estimate of drug-likeness (QED) is 0.534. The molecule has 32 heavy (non-hydrogen) atoms. The maximum atomic E-state index is 13.4. The van der Waals surface area contributed by atoms with Crippen LogP contribution in [0.25, 0.3) is 0 Å². The third-order valence-corrected chi connectivity index (χ3v) is 9.66. The van der Waals surface area contributed by atoms with Crippen molar-refractivity contribution in [3.05, 3.63) is 65.8 Å². The molecule has 0 radical (unpaired) electrons. The molecule has 0 saturated carbocycles.